The number of hydrogen-bond donors (Lipinski definition) is 1. The number of fused-ring (bicyclic) bond motifs is 1. The fraction of sp³-hybridized carbons (Fsp3) is 0.286. The predicted octanol–water partition coefficient (Wildman–Crippen LogP) is 2.14. The van der Waals surface area contributed by atoms with Gasteiger partial charge in [-0.2, -0.15) is 0 Å². The quantitative estimate of drug-likeness (QED) is 0.820. The van der Waals surface area contributed by atoms with Crippen molar-refractivity contribution in [2.45, 2.75) is 13.3 Å². The highest BCUT2D eigenvalue weighted by Gasteiger charge is 1.99. The molecule has 1 aromatic heterocycles. The van der Waals surface area contributed by atoms with Gasteiger partial charge in [0.15, 0.2) is 0 Å². The molecule has 0 radical (unpaired) electrons. The molecule has 0 saturated heterocycles. The predicted molar refractivity (Wildman–Crippen MR) is 70.5 cm³/mol. The summed E-state index contributed by atoms with van der Waals surface area (Å²) in [6.45, 7) is 2.82. The summed E-state index contributed by atoms with van der Waals surface area (Å²) in [6.07, 6.45) is 2.27. The lowest BCUT2D eigenvalue weighted by molar-refractivity contribution is -0.120. The summed E-state index contributed by atoms with van der Waals surface area (Å²) < 4.78 is 5.57. The van der Waals surface area contributed by atoms with Crippen molar-refractivity contribution in [1.82, 2.24) is 10.3 Å². The van der Waals surface area contributed by atoms with Crippen molar-refractivity contribution < 1.29 is 9.53 Å². The first-order valence-electron chi connectivity index (χ1n) is 6.04. The molecule has 0 aliphatic rings. The van der Waals surface area contributed by atoms with E-state index < -0.39 is 0 Å². The summed E-state index contributed by atoms with van der Waals surface area (Å²) in [5.41, 5.74) is 0.948. The minimum Gasteiger partial charge on any atom is -0.492 e. The van der Waals surface area contributed by atoms with Crippen LogP contribution < -0.4 is 10.1 Å². The molecule has 0 spiro atoms. The van der Waals surface area contributed by atoms with Crippen molar-refractivity contribution in [3.8, 4) is 5.75 Å². The van der Waals surface area contributed by atoms with Crippen LogP contribution in [0.3, 0.4) is 0 Å². The third kappa shape index (κ3) is 3.20. The molecule has 0 bridgehead atoms. The number of carbonyl (C=O) groups is 1. The zero-order chi connectivity index (χ0) is 12.8. The van der Waals surface area contributed by atoms with Gasteiger partial charge in [-0.05, 0) is 24.3 Å². The molecule has 0 unspecified atom stereocenters. The molecule has 1 N–H and O–H groups in total. The summed E-state index contributed by atoms with van der Waals surface area (Å²) >= 11 is 0. The highest BCUT2D eigenvalue weighted by atomic mass is 16.5. The van der Waals surface area contributed by atoms with Crippen LogP contribution in [0, 0.1) is 0 Å². The Morgan fingerprint density at radius 1 is 1.39 bits per heavy atom. The number of ether oxygens (including phenoxy) is 1. The Hall–Kier alpha value is -2.10. The molecule has 4 heteroatoms. The third-order valence-electron chi connectivity index (χ3n) is 2.59. The largest absolute Gasteiger partial charge is 0.492 e. The molecule has 2 aromatic rings. The maximum absolute atomic E-state index is 11.0. The smallest absolute Gasteiger partial charge is 0.219 e. The molecule has 0 saturated carbocycles. The zero-order valence-corrected chi connectivity index (χ0v) is 10.3. The van der Waals surface area contributed by atoms with Crippen LogP contribution in [0.2, 0.25) is 0 Å². The van der Waals surface area contributed by atoms with Gasteiger partial charge < -0.3 is 10.1 Å². The van der Waals surface area contributed by atoms with E-state index in [-0.39, 0.29) is 5.91 Å². The minimum absolute atomic E-state index is 0.0429. The van der Waals surface area contributed by atoms with Crippen molar-refractivity contribution in [3.05, 3.63) is 36.5 Å². The monoisotopic (exact) mass is 244 g/mol. The lowest BCUT2D eigenvalue weighted by atomic mass is 10.2. The molecular formula is C14H16N2O2. The fourth-order valence-corrected chi connectivity index (χ4v) is 1.63. The molecule has 0 atom stereocenters. The Balaban J connectivity index is 1.90. The highest BCUT2D eigenvalue weighted by Crippen LogP contribution is 2.18. The first-order chi connectivity index (χ1) is 8.79. The van der Waals surface area contributed by atoms with Crippen LogP contribution in [0.15, 0.2) is 36.5 Å². The van der Waals surface area contributed by atoms with Gasteiger partial charge in [-0.3, -0.25) is 9.78 Å². The molecule has 0 aliphatic carbocycles. The second-order valence-electron chi connectivity index (χ2n) is 3.91. The van der Waals surface area contributed by atoms with Crippen molar-refractivity contribution in [1.29, 1.82) is 0 Å². The molecule has 2 rings (SSSR count). The number of nitrogens with zero attached hydrogens (tertiary/aromatic N) is 1. The summed E-state index contributed by atoms with van der Waals surface area (Å²) in [7, 11) is 0. The normalized spacial score (nSPS) is 10.3. The first kappa shape index (κ1) is 12.4. The van der Waals surface area contributed by atoms with Gasteiger partial charge in [-0.1, -0.05) is 13.0 Å². The number of nitrogens with one attached hydrogen (secondary N) is 1. The average molecular weight is 244 g/mol. The Morgan fingerprint density at radius 2 is 2.28 bits per heavy atom. The van der Waals surface area contributed by atoms with Gasteiger partial charge in [0.05, 0.1) is 12.1 Å². The lowest BCUT2D eigenvalue weighted by Gasteiger charge is -2.07. The van der Waals surface area contributed by atoms with Crippen LogP contribution in [-0.4, -0.2) is 24.0 Å². The highest BCUT2D eigenvalue weighted by molar-refractivity contribution is 5.79. The molecule has 0 fully saturated rings. The summed E-state index contributed by atoms with van der Waals surface area (Å²) in [6, 6.07) is 9.65. The molecule has 4 nitrogen and oxygen atoms in total. The van der Waals surface area contributed by atoms with Gasteiger partial charge in [0.25, 0.3) is 0 Å². The Morgan fingerprint density at radius 3 is 3.11 bits per heavy atom. The number of hydrogen-bond acceptors (Lipinski definition) is 3. The zero-order valence-electron chi connectivity index (χ0n) is 10.3. The topological polar surface area (TPSA) is 51.2 Å². The Bertz CT molecular complexity index is 540. The molecule has 94 valence electrons. The van der Waals surface area contributed by atoms with E-state index in [0.29, 0.717) is 19.6 Å². The number of pyridine rings is 1. The number of amides is 1. The lowest BCUT2D eigenvalue weighted by Crippen LogP contribution is -2.27. The Kier molecular flexibility index (Phi) is 4.12. The number of benzene rings is 1. The summed E-state index contributed by atoms with van der Waals surface area (Å²) in [5.74, 6) is 0.836. The average Bonchev–Trinajstić information content (AvgIpc) is 2.43. The molecule has 1 amide bonds. The molecule has 0 aliphatic heterocycles. The maximum Gasteiger partial charge on any atom is 0.219 e. The second-order valence-corrected chi connectivity index (χ2v) is 3.91. The fourth-order valence-electron chi connectivity index (χ4n) is 1.63. The van der Waals surface area contributed by atoms with Gasteiger partial charge in [0, 0.05) is 18.0 Å². The number of carbonyl (C=O) groups excluding carboxylic acids is 1. The number of rotatable bonds is 5. The van der Waals surface area contributed by atoms with E-state index in [1.807, 2.05) is 37.3 Å². The van der Waals surface area contributed by atoms with E-state index in [9.17, 15) is 4.79 Å². The van der Waals surface area contributed by atoms with Crippen molar-refractivity contribution >= 4 is 16.8 Å². The first-order valence-corrected chi connectivity index (χ1v) is 6.04. The van der Waals surface area contributed by atoms with E-state index >= 15 is 0 Å². The molecule has 1 aromatic carbocycles. The van der Waals surface area contributed by atoms with E-state index in [4.69, 9.17) is 4.74 Å². The van der Waals surface area contributed by atoms with Gasteiger partial charge in [-0.25, -0.2) is 0 Å². The van der Waals surface area contributed by atoms with Crippen LogP contribution in [0.4, 0.5) is 0 Å². The molecular weight excluding hydrogens is 228 g/mol. The standard InChI is InChI=1S/C14H16N2O2/c1-2-14(17)16-8-9-18-12-5-6-13-11(10-12)4-3-7-15-13/h3-7,10H,2,8-9H2,1H3,(H,16,17). The SMILES string of the molecule is CCC(=O)NCCOc1ccc2ncccc2c1. The van der Waals surface area contributed by atoms with E-state index in [2.05, 4.69) is 10.3 Å². The van der Waals surface area contributed by atoms with Crippen molar-refractivity contribution in [3.63, 3.8) is 0 Å². The van der Waals surface area contributed by atoms with Crippen LogP contribution in [0.1, 0.15) is 13.3 Å². The maximum atomic E-state index is 11.0. The van der Waals surface area contributed by atoms with Gasteiger partial charge in [-0.15, -0.1) is 0 Å². The van der Waals surface area contributed by atoms with E-state index in [0.717, 1.165) is 16.7 Å². The van der Waals surface area contributed by atoms with Crippen LogP contribution in [-0.2, 0) is 4.79 Å². The van der Waals surface area contributed by atoms with Gasteiger partial charge in [0.2, 0.25) is 5.91 Å². The Labute approximate surface area is 106 Å². The van der Waals surface area contributed by atoms with Crippen molar-refractivity contribution in [2.24, 2.45) is 0 Å². The third-order valence-corrected chi connectivity index (χ3v) is 2.59. The van der Waals surface area contributed by atoms with Crippen molar-refractivity contribution in [2.75, 3.05) is 13.2 Å². The summed E-state index contributed by atoms with van der Waals surface area (Å²) in [5, 5.41) is 3.81. The van der Waals surface area contributed by atoms with Crippen LogP contribution in [0.5, 0.6) is 5.75 Å². The van der Waals surface area contributed by atoms with Crippen LogP contribution in [0.25, 0.3) is 10.9 Å². The van der Waals surface area contributed by atoms with Gasteiger partial charge >= 0.3 is 0 Å². The minimum atomic E-state index is 0.0429. The van der Waals surface area contributed by atoms with Crippen LogP contribution >= 0.6 is 0 Å². The van der Waals surface area contributed by atoms with E-state index in [1.54, 1.807) is 6.20 Å². The van der Waals surface area contributed by atoms with Gasteiger partial charge in [0.1, 0.15) is 12.4 Å². The summed E-state index contributed by atoms with van der Waals surface area (Å²) in [4.78, 5) is 15.3. The number of aromatic nitrogens is 1. The van der Waals surface area contributed by atoms with E-state index in [1.165, 1.54) is 0 Å². The second kappa shape index (κ2) is 6.00. The molecule has 1 heterocycles. The molecule has 18 heavy (non-hydrogen) atoms.